The zero-order chi connectivity index (χ0) is 21.4. The quantitative estimate of drug-likeness (QED) is 0.262. The van der Waals surface area contributed by atoms with Gasteiger partial charge in [-0.3, -0.25) is 9.79 Å². The van der Waals surface area contributed by atoms with Gasteiger partial charge in [-0.2, -0.15) is 0 Å². The third kappa shape index (κ3) is 8.16. The maximum absolute atomic E-state index is 12.3. The Morgan fingerprint density at radius 1 is 1.03 bits per heavy atom. The van der Waals surface area contributed by atoms with E-state index in [0.717, 1.165) is 51.4 Å². The van der Waals surface area contributed by atoms with Gasteiger partial charge in [0.25, 0.3) is 0 Å². The van der Waals surface area contributed by atoms with Gasteiger partial charge in [-0.1, -0.05) is 0 Å². The summed E-state index contributed by atoms with van der Waals surface area (Å²) in [7, 11) is 0. The fraction of sp³-hybridized carbons (Fsp3) is 0.789. The molecule has 10 heteroatoms. The zero-order valence-corrected chi connectivity index (χ0v) is 17.0. The Morgan fingerprint density at radius 2 is 1.69 bits per heavy atom. The van der Waals surface area contributed by atoms with Crippen LogP contribution in [-0.2, 0) is 9.59 Å². The number of carboxylic acid groups (broad SMARTS) is 1. The molecule has 0 aromatic carbocycles. The van der Waals surface area contributed by atoms with Gasteiger partial charge in [0, 0.05) is 19.0 Å². The number of aliphatic imine (C=N–C) groups is 1. The summed E-state index contributed by atoms with van der Waals surface area (Å²) in [4.78, 5) is 39.0. The van der Waals surface area contributed by atoms with Crippen LogP contribution in [0.2, 0.25) is 0 Å². The molecular weight excluding hydrogens is 376 g/mol. The minimum Gasteiger partial charge on any atom is -0.480 e. The summed E-state index contributed by atoms with van der Waals surface area (Å²) in [6.45, 7) is 1.32. The first-order valence-electron chi connectivity index (χ1n) is 10.4. The predicted octanol–water partition coefficient (Wildman–Crippen LogP) is 0.408. The molecule has 10 nitrogen and oxygen atoms in total. The minimum absolute atomic E-state index is 0.0558. The summed E-state index contributed by atoms with van der Waals surface area (Å²) in [6.07, 6.45) is 7.20. The van der Waals surface area contributed by atoms with Crippen molar-refractivity contribution in [1.82, 2.24) is 16.0 Å². The third-order valence-electron chi connectivity index (χ3n) is 5.74. The molecule has 0 aromatic heterocycles. The van der Waals surface area contributed by atoms with Gasteiger partial charge < -0.3 is 32.5 Å². The van der Waals surface area contributed by atoms with Gasteiger partial charge in [-0.25, -0.2) is 9.59 Å². The average Bonchev–Trinajstić information content (AvgIpc) is 2.62. The van der Waals surface area contributed by atoms with Crippen molar-refractivity contribution in [2.24, 2.45) is 22.4 Å². The first-order chi connectivity index (χ1) is 13.7. The highest BCUT2D eigenvalue weighted by Crippen LogP contribution is 2.28. The Kier molecular flexibility index (Phi) is 8.53. The van der Waals surface area contributed by atoms with Crippen LogP contribution in [0.5, 0.6) is 0 Å². The summed E-state index contributed by atoms with van der Waals surface area (Å²) in [5.74, 6) is -1.04. The Hall–Kier alpha value is -2.52. The number of guanidine groups is 1. The molecular formula is C19H34N6O4. The van der Waals surface area contributed by atoms with E-state index in [4.69, 9.17) is 11.5 Å². The number of nitrogens with zero attached hydrogens (tertiary/aromatic N) is 1. The topological polar surface area (TPSA) is 172 Å². The third-order valence-corrected chi connectivity index (χ3v) is 5.74. The summed E-state index contributed by atoms with van der Waals surface area (Å²) in [5, 5.41) is 17.8. The van der Waals surface area contributed by atoms with E-state index in [1.54, 1.807) is 0 Å². The summed E-state index contributed by atoms with van der Waals surface area (Å²) in [6, 6.07) is -0.838. The molecule has 0 spiro atoms. The van der Waals surface area contributed by atoms with E-state index in [-0.39, 0.29) is 41.9 Å². The van der Waals surface area contributed by atoms with Crippen LogP contribution in [-0.4, -0.2) is 53.1 Å². The minimum atomic E-state index is -1.01. The largest absolute Gasteiger partial charge is 0.480 e. The lowest BCUT2D eigenvalue weighted by atomic mass is 9.82. The summed E-state index contributed by atoms with van der Waals surface area (Å²) < 4.78 is 0. The molecule has 2 aliphatic carbocycles. The molecule has 2 aliphatic rings. The van der Waals surface area contributed by atoms with Crippen LogP contribution in [0.15, 0.2) is 4.99 Å². The molecule has 2 rings (SSSR count). The van der Waals surface area contributed by atoms with Gasteiger partial charge in [-0.15, -0.1) is 0 Å². The van der Waals surface area contributed by atoms with Crippen molar-refractivity contribution in [3.8, 4) is 0 Å². The number of amides is 3. The number of aliphatic carboxylic acids is 1. The number of carbonyl (C=O) groups excluding carboxylic acids is 2. The molecule has 2 fully saturated rings. The highest BCUT2D eigenvalue weighted by atomic mass is 16.4. The molecule has 0 bridgehead atoms. The Balaban J connectivity index is 1.72. The normalized spacial score (nSPS) is 27.9. The van der Waals surface area contributed by atoms with E-state index in [2.05, 4.69) is 20.9 Å². The van der Waals surface area contributed by atoms with Gasteiger partial charge in [-0.05, 0) is 63.7 Å². The van der Waals surface area contributed by atoms with Crippen LogP contribution < -0.4 is 27.4 Å². The van der Waals surface area contributed by atoms with Crippen molar-refractivity contribution < 1.29 is 19.5 Å². The molecule has 164 valence electrons. The van der Waals surface area contributed by atoms with Crippen molar-refractivity contribution in [2.75, 3.05) is 0 Å². The number of hydrogen-bond acceptors (Lipinski definition) is 4. The Bertz CT molecular complexity index is 614. The second-order valence-corrected chi connectivity index (χ2v) is 8.23. The van der Waals surface area contributed by atoms with Crippen LogP contribution in [0.4, 0.5) is 4.79 Å². The van der Waals surface area contributed by atoms with E-state index in [9.17, 15) is 19.5 Å². The molecule has 29 heavy (non-hydrogen) atoms. The fourth-order valence-corrected chi connectivity index (χ4v) is 4.38. The van der Waals surface area contributed by atoms with E-state index in [1.165, 1.54) is 6.92 Å². The number of carboxylic acids is 1. The van der Waals surface area contributed by atoms with Gasteiger partial charge in [0.05, 0.1) is 6.04 Å². The van der Waals surface area contributed by atoms with Crippen LogP contribution in [0, 0.1) is 5.92 Å². The average molecular weight is 411 g/mol. The highest BCUT2D eigenvalue weighted by molar-refractivity contribution is 5.82. The molecule has 0 radical (unpaired) electrons. The summed E-state index contributed by atoms with van der Waals surface area (Å²) >= 11 is 0. The molecule has 3 atom stereocenters. The SMILES string of the molecule is CC(=O)NC(CC1CCC(NC(=O)NC2CCCC(N=C(N)N)C2)CC1)C(=O)O. The molecule has 0 aliphatic heterocycles. The Labute approximate surface area is 171 Å². The number of rotatable bonds is 7. The Morgan fingerprint density at radius 3 is 2.28 bits per heavy atom. The van der Waals surface area contributed by atoms with E-state index < -0.39 is 12.0 Å². The number of nitrogens with one attached hydrogen (secondary N) is 3. The van der Waals surface area contributed by atoms with Crippen LogP contribution >= 0.6 is 0 Å². The van der Waals surface area contributed by atoms with Gasteiger partial charge >= 0.3 is 12.0 Å². The predicted molar refractivity (Wildman–Crippen MR) is 109 cm³/mol. The van der Waals surface area contributed by atoms with Crippen LogP contribution in [0.1, 0.15) is 64.7 Å². The number of hydrogen-bond donors (Lipinski definition) is 6. The van der Waals surface area contributed by atoms with Crippen molar-refractivity contribution >= 4 is 23.9 Å². The van der Waals surface area contributed by atoms with Crippen LogP contribution in [0.25, 0.3) is 0 Å². The standard InChI is InChI=1S/C19H34N6O4/c1-11(26)22-16(17(27)28)9-12-5-7-13(8-6-12)24-19(29)25-15-4-2-3-14(10-15)23-18(20)21/h12-16H,2-10H2,1H3,(H,22,26)(H,27,28)(H4,20,21,23)(H2,24,25,29). The van der Waals surface area contributed by atoms with Crippen molar-refractivity contribution in [3.63, 3.8) is 0 Å². The first-order valence-corrected chi connectivity index (χ1v) is 10.4. The molecule has 2 saturated carbocycles. The lowest BCUT2D eigenvalue weighted by Gasteiger charge is -2.32. The van der Waals surface area contributed by atoms with Gasteiger partial charge in [0.15, 0.2) is 5.96 Å². The first kappa shape index (κ1) is 22.8. The molecule has 0 aromatic rings. The van der Waals surface area contributed by atoms with Crippen LogP contribution in [0.3, 0.4) is 0 Å². The number of carbonyl (C=O) groups is 3. The van der Waals surface area contributed by atoms with Gasteiger partial charge in [0.2, 0.25) is 5.91 Å². The lowest BCUT2D eigenvalue weighted by Crippen LogP contribution is -2.49. The molecule has 3 unspecified atom stereocenters. The molecule has 0 saturated heterocycles. The molecule has 3 amide bonds. The number of nitrogens with two attached hydrogens (primary N) is 2. The fourth-order valence-electron chi connectivity index (χ4n) is 4.38. The molecule has 8 N–H and O–H groups in total. The zero-order valence-electron chi connectivity index (χ0n) is 17.0. The highest BCUT2D eigenvalue weighted by Gasteiger charge is 2.29. The summed E-state index contributed by atoms with van der Waals surface area (Å²) in [5.41, 5.74) is 10.9. The maximum Gasteiger partial charge on any atom is 0.326 e. The number of urea groups is 1. The van der Waals surface area contributed by atoms with Crippen molar-refractivity contribution in [1.29, 1.82) is 0 Å². The monoisotopic (exact) mass is 410 g/mol. The van der Waals surface area contributed by atoms with Gasteiger partial charge in [0.1, 0.15) is 6.04 Å². The smallest absolute Gasteiger partial charge is 0.326 e. The molecule has 0 heterocycles. The second-order valence-electron chi connectivity index (χ2n) is 8.23. The second kappa shape index (κ2) is 10.9. The van der Waals surface area contributed by atoms with E-state index in [1.807, 2.05) is 0 Å². The lowest BCUT2D eigenvalue weighted by molar-refractivity contribution is -0.142. The van der Waals surface area contributed by atoms with E-state index in [0.29, 0.717) is 6.42 Å². The van der Waals surface area contributed by atoms with Crippen molar-refractivity contribution in [2.45, 2.75) is 88.9 Å². The maximum atomic E-state index is 12.3. The van der Waals surface area contributed by atoms with Crippen molar-refractivity contribution in [3.05, 3.63) is 0 Å². The van der Waals surface area contributed by atoms with E-state index >= 15 is 0 Å².